The zero-order valence-corrected chi connectivity index (χ0v) is 11.7. The zero-order valence-electron chi connectivity index (χ0n) is 10.9. The molecule has 0 aliphatic rings. The fourth-order valence-corrected chi connectivity index (χ4v) is 2.71. The van der Waals surface area contributed by atoms with Gasteiger partial charge in [0.15, 0.2) is 5.78 Å². The second kappa shape index (κ2) is 5.46. The number of thiazole rings is 1. The molecule has 0 radical (unpaired) electrons. The molecule has 0 saturated carbocycles. The van der Waals surface area contributed by atoms with E-state index >= 15 is 0 Å². The van der Waals surface area contributed by atoms with Crippen LogP contribution in [0.4, 0.5) is 0 Å². The number of nitrogens with zero attached hydrogens (tertiary/aromatic N) is 3. The van der Waals surface area contributed by atoms with E-state index < -0.39 is 0 Å². The Morgan fingerprint density at radius 1 is 1.56 bits per heavy atom. The van der Waals surface area contributed by atoms with Crippen molar-refractivity contribution < 1.29 is 4.79 Å². The number of hydrogen-bond donors (Lipinski definition) is 0. The first-order valence-electron chi connectivity index (χ1n) is 5.80. The van der Waals surface area contributed by atoms with Crippen molar-refractivity contribution >= 4 is 17.1 Å². The lowest BCUT2D eigenvalue weighted by Gasteiger charge is -2.15. The summed E-state index contributed by atoms with van der Waals surface area (Å²) in [6.45, 7) is 3.19. The lowest BCUT2D eigenvalue weighted by Crippen LogP contribution is -2.26. The topological polar surface area (TPSA) is 38.1 Å². The highest BCUT2D eigenvalue weighted by Crippen LogP contribution is 2.14. The van der Waals surface area contributed by atoms with Gasteiger partial charge in [0.05, 0.1) is 23.4 Å². The van der Waals surface area contributed by atoms with E-state index in [1.807, 2.05) is 54.3 Å². The molecule has 4 nitrogen and oxygen atoms in total. The van der Waals surface area contributed by atoms with Crippen molar-refractivity contribution in [2.45, 2.75) is 13.5 Å². The average Bonchev–Trinajstić information content (AvgIpc) is 2.88. The molecule has 0 N–H and O–H groups in total. The lowest BCUT2D eigenvalue weighted by molar-refractivity contribution is 0.0935. The van der Waals surface area contributed by atoms with Gasteiger partial charge >= 0.3 is 0 Å². The first-order valence-corrected chi connectivity index (χ1v) is 6.68. The molecular weight excluding hydrogens is 246 g/mol. The molecule has 96 valence electrons. The summed E-state index contributed by atoms with van der Waals surface area (Å²) in [4.78, 5) is 19.5. The molecule has 0 atom stereocenters. The predicted octanol–water partition coefficient (Wildman–Crippen LogP) is 2.10. The van der Waals surface area contributed by atoms with Crippen molar-refractivity contribution in [3.05, 3.63) is 40.1 Å². The number of carbonyl (C=O) groups excluding carboxylic acids is 1. The molecule has 0 spiro atoms. The molecule has 2 heterocycles. The Morgan fingerprint density at radius 2 is 2.33 bits per heavy atom. The van der Waals surface area contributed by atoms with E-state index in [0.29, 0.717) is 6.54 Å². The van der Waals surface area contributed by atoms with Gasteiger partial charge in [-0.3, -0.25) is 9.69 Å². The van der Waals surface area contributed by atoms with Crippen LogP contribution in [0.15, 0.2) is 23.8 Å². The number of aromatic nitrogens is 2. The number of hydrogen-bond acceptors (Lipinski definition) is 4. The van der Waals surface area contributed by atoms with E-state index in [2.05, 4.69) is 4.98 Å². The summed E-state index contributed by atoms with van der Waals surface area (Å²) in [5, 5.41) is 0. The summed E-state index contributed by atoms with van der Waals surface area (Å²) in [7, 11) is 3.85. The second-order valence-electron chi connectivity index (χ2n) is 4.46. The molecule has 0 unspecified atom stereocenters. The van der Waals surface area contributed by atoms with Crippen LogP contribution < -0.4 is 0 Å². The number of Topliss-reactive ketones (excluding diaryl/α,β-unsaturated/α-hetero) is 1. The van der Waals surface area contributed by atoms with Crippen LogP contribution in [0.3, 0.4) is 0 Å². The molecule has 0 aromatic carbocycles. The number of aryl methyl sites for hydroxylation is 2. The Balaban J connectivity index is 1.96. The molecule has 0 aliphatic carbocycles. The SMILES string of the molecule is Cc1ncsc1CN(C)CC(=O)c1cccn1C. The molecule has 0 amide bonds. The average molecular weight is 263 g/mol. The maximum atomic E-state index is 12.1. The Kier molecular flexibility index (Phi) is 3.93. The van der Waals surface area contributed by atoms with E-state index in [1.165, 1.54) is 4.88 Å². The first-order chi connectivity index (χ1) is 8.58. The summed E-state index contributed by atoms with van der Waals surface area (Å²) >= 11 is 1.64. The fourth-order valence-electron chi connectivity index (χ4n) is 1.86. The standard InChI is InChI=1S/C13H17N3OS/c1-10-13(18-9-14-10)8-15(2)7-12(17)11-5-4-6-16(11)3/h4-6,9H,7-8H2,1-3H3. The quantitative estimate of drug-likeness (QED) is 0.775. The van der Waals surface area contributed by atoms with E-state index in [0.717, 1.165) is 17.9 Å². The highest BCUT2D eigenvalue weighted by atomic mass is 32.1. The fraction of sp³-hybridized carbons (Fsp3) is 0.385. The van der Waals surface area contributed by atoms with Gasteiger partial charge in [-0.15, -0.1) is 11.3 Å². The van der Waals surface area contributed by atoms with Gasteiger partial charge in [0.2, 0.25) is 0 Å². The van der Waals surface area contributed by atoms with E-state index in [-0.39, 0.29) is 5.78 Å². The van der Waals surface area contributed by atoms with Crippen LogP contribution in [0.25, 0.3) is 0 Å². The van der Waals surface area contributed by atoms with Crippen LogP contribution in [0.2, 0.25) is 0 Å². The van der Waals surface area contributed by atoms with Crippen molar-refractivity contribution in [2.75, 3.05) is 13.6 Å². The van der Waals surface area contributed by atoms with Gasteiger partial charge in [-0.2, -0.15) is 0 Å². The van der Waals surface area contributed by atoms with Crippen molar-refractivity contribution in [3.8, 4) is 0 Å². The molecule has 0 bridgehead atoms. The van der Waals surface area contributed by atoms with E-state index in [1.54, 1.807) is 11.3 Å². The van der Waals surface area contributed by atoms with Gasteiger partial charge in [0.1, 0.15) is 0 Å². The summed E-state index contributed by atoms with van der Waals surface area (Å²) in [6.07, 6.45) is 1.89. The van der Waals surface area contributed by atoms with E-state index in [9.17, 15) is 4.79 Å². The van der Waals surface area contributed by atoms with Gasteiger partial charge in [0, 0.05) is 24.7 Å². The first kappa shape index (κ1) is 13.0. The number of ketones is 1. The Labute approximate surface area is 111 Å². The van der Waals surface area contributed by atoms with E-state index in [4.69, 9.17) is 0 Å². The number of rotatable bonds is 5. The molecule has 5 heteroatoms. The molecule has 0 saturated heterocycles. The smallest absolute Gasteiger partial charge is 0.193 e. The number of likely N-dealkylation sites (N-methyl/N-ethyl adjacent to an activating group) is 1. The third-order valence-electron chi connectivity index (χ3n) is 2.90. The van der Waals surface area contributed by atoms with Gasteiger partial charge in [-0.1, -0.05) is 0 Å². The van der Waals surface area contributed by atoms with Crippen LogP contribution in [-0.2, 0) is 13.6 Å². The second-order valence-corrected chi connectivity index (χ2v) is 5.40. The van der Waals surface area contributed by atoms with Gasteiger partial charge < -0.3 is 4.57 Å². The van der Waals surface area contributed by atoms with Crippen LogP contribution in [0.5, 0.6) is 0 Å². The van der Waals surface area contributed by atoms with Crippen LogP contribution >= 0.6 is 11.3 Å². The molecule has 18 heavy (non-hydrogen) atoms. The minimum Gasteiger partial charge on any atom is -0.348 e. The highest BCUT2D eigenvalue weighted by molar-refractivity contribution is 7.09. The largest absolute Gasteiger partial charge is 0.348 e. The van der Waals surface area contributed by atoms with Gasteiger partial charge in [-0.05, 0) is 26.1 Å². The van der Waals surface area contributed by atoms with Gasteiger partial charge in [-0.25, -0.2) is 4.98 Å². The summed E-state index contributed by atoms with van der Waals surface area (Å²) in [5.74, 6) is 0.146. The van der Waals surface area contributed by atoms with Crippen LogP contribution in [0.1, 0.15) is 21.1 Å². The van der Waals surface area contributed by atoms with Gasteiger partial charge in [0.25, 0.3) is 0 Å². The van der Waals surface area contributed by atoms with Crippen molar-refractivity contribution in [1.29, 1.82) is 0 Å². The minimum atomic E-state index is 0.146. The molecule has 0 aliphatic heterocycles. The Hall–Kier alpha value is -1.46. The maximum absolute atomic E-state index is 12.1. The molecule has 2 rings (SSSR count). The van der Waals surface area contributed by atoms with Crippen LogP contribution in [-0.4, -0.2) is 33.8 Å². The normalized spacial score (nSPS) is 11.1. The molecule has 2 aromatic rings. The summed E-state index contributed by atoms with van der Waals surface area (Å²) in [5.41, 5.74) is 3.65. The third-order valence-corrected chi connectivity index (χ3v) is 3.82. The molecule has 2 aromatic heterocycles. The van der Waals surface area contributed by atoms with Crippen LogP contribution in [0, 0.1) is 6.92 Å². The lowest BCUT2D eigenvalue weighted by atomic mass is 10.2. The Bertz CT molecular complexity index is 544. The third kappa shape index (κ3) is 2.86. The molecular formula is C13H17N3OS. The van der Waals surface area contributed by atoms with Crippen molar-refractivity contribution in [1.82, 2.24) is 14.5 Å². The van der Waals surface area contributed by atoms with Crippen molar-refractivity contribution in [3.63, 3.8) is 0 Å². The maximum Gasteiger partial charge on any atom is 0.193 e. The predicted molar refractivity (Wildman–Crippen MR) is 72.9 cm³/mol. The highest BCUT2D eigenvalue weighted by Gasteiger charge is 2.13. The minimum absolute atomic E-state index is 0.146. The summed E-state index contributed by atoms with van der Waals surface area (Å²) in [6, 6.07) is 3.74. The monoisotopic (exact) mass is 263 g/mol. The number of carbonyl (C=O) groups is 1. The molecule has 0 fully saturated rings. The van der Waals surface area contributed by atoms with Crippen molar-refractivity contribution in [2.24, 2.45) is 7.05 Å². The summed E-state index contributed by atoms with van der Waals surface area (Å²) < 4.78 is 1.86. The zero-order chi connectivity index (χ0) is 13.1. The Morgan fingerprint density at radius 3 is 2.89 bits per heavy atom.